The third-order valence-electron chi connectivity index (χ3n) is 3.28. The molecule has 1 heterocycles. The zero-order chi connectivity index (χ0) is 13.2. The van der Waals surface area contributed by atoms with E-state index < -0.39 is 0 Å². The van der Waals surface area contributed by atoms with Crippen LogP contribution in [0.3, 0.4) is 0 Å². The molecule has 1 aliphatic carbocycles. The second-order valence-corrected chi connectivity index (χ2v) is 5.75. The highest BCUT2D eigenvalue weighted by Gasteiger charge is 2.31. The van der Waals surface area contributed by atoms with Crippen LogP contribution in [0.25, 0.3) is 0 Å². The first-order chi connectivity index (χ1) is 9.28. The Bertz CT molecular complexity index is 612. The van der Waals surface area contributed by atoms with E-state index in [1.54, 1.807) is 23.5 Å². The van der Waals surface area contributed by atoms with Crippen molar-refractivity contribution >= 4 is 17.0 Å². The molecule has 4 heteroatoms. The van der Waals surface area contributed by atoms with Gasteiger partial charge >= 0.3 is 0 Å². The summed E-state index contributed by atoms with van der Waals surface area (Å²) in [6, 6.07) is 11.2. The number of anilines is 1. The molecule has 0 unspecified atom stereocenters. The molecule has 3 rings (SSSR count). The maximum atomic E-state index is 14.1. The molecule has 1 aromatic heterocycles. The summed E-state index contributed by atoms with van der Waals surface area (Å²) in [4.78, 5) is 3.35. The van der Waals surface area contributed by atoms with Crippen LogP contribution in [-0.2, 0) is 6.54 Å². The molecule has 0 radical (unpaired) electrons. The number of nitriles is 1. The van der Waals surface area contributed by atoms with E-state index in [-0.39, 0.29) is 5.82 Å². The first-order valence-corrected chi connectivity index (χ1v) is 7.14. The monoisotopic (exact) mass is 272 g/mol. The molecule has 0 N–H and O–H groups in total. The molecule has 0 spiro atoms. The van der Waals surface area contributed by atoms with Crippen LogP contribution in [0.15, 0.2) is 35.7 Å². The molecule has 1 fully saturated rings. The van der Waals surface area contributed by atoms with Gasteiger partial charge in [-0.2, -0.15) is 5.26 Å². The van der Waals surface area contributed by atoms with E-state index in [4.69, 9.17) is 5.26 Å². The predicted molar refractivity (Wildman–Crippen MR) is 74.6 cm³/mol. The fourth-order valence-corrected chi connectivity index (χ4v) is 2.88. The largest absolute Gasteiger partial charge is 0.361 e. The molecule has 0 atom stereocenters. The third kappa shape index (κ3) is 2.61. The van der Waals surface area contributed by atoms with Gasteiger partial charge < -0.3 is 4.90 Å². The van der Waals surface area contributed by atoms with Crippen molar-refractivity contribution in [3.05, 3.63) is 52.0 Å². The van der Waals surface area contributed by atoms with Gasteiger partial charge in [-0.05, 0) is 42.5 Å². The molecule has 0 saturated heterocycles. The second-order valence-electron chi connectivity index (χ2n) is 4.72. The Morgan fingerprint density at radius 1 is 1.37 bits per heavy atom. The number of benzene rings is 1. The molecule has 0 amide bonds. The quantitative estimate of drug-likeness (QED) is 0.843. The van der Waals surface area contributed by atoms with E-state index in [1.165, 1.54) is 10.9 Å². The van der Waals surface area contributed by atoms with E-state index in [1.807, 2.05) is 17.5 Å². The average Bonchev–Trinajstić information content (AvgIpc) is 3.14. The van der Waals surface area contributed by atoms with Gasteiger partial charge in [0.2, 0.25) is 0 Å². The van der Waals surface area contributed by atoms with E-state index in [0.29, 0.717) is 17.3 Å². The maximum absolute atomic E-state index is 14.1. The van der Waals surface area contributed by atoms with Crippen molar-refractivity contribution in [1.29, 1.82) is 5.26 Å². The Hall–Kier alpha value is -1.86. The number of rotatable bonds is 4. The SMILES string of the molecule is N#Cc1ccc(N(Cc2cccs2)C2CC2)c(F)c1. The summed E-state index contributed by atoms with van der Waals surface area (Å²) in [6.45, 7) is 0.741. The number of halogens is 1. The molecule has 2 nitrogen and oxygen atoms in total. The fourth-order valence-electron chi connectivity index (χ4n) is 2.18. The van der Waals surface area contributed by atoms with E-state index >= 15 is 0 Å². The highest BCUT2D eigenvalue weighted by atomic mass is 32.1. The van der Waals surface area contributed by atoms with Crippen LogP contribution in [0.4, 0.5) is 10.1 Å². The van der Waals surface area contributed by atoms with Crippen LogP contribution in [0.5, 0.6) is 0 Å². The molecule has 1 aliphatic rings. The first kappa shape index (κ1) is 12.2. The van der Waals surface area contributed by atoms with Crippen molar-refractivity contribution in [3.63, 3.8) is 0 Å². The standard InChI is InChI=1S/C15H13FN2S/c16-14-8-11(9-17)3-6-15(14)18(12-4-5-12)10-13-2-1-7-19-13/h1-3,6-8,12H,4-5,10H2. The lowest BCUT2D eigenvalue weighted by molar-refractivity contribution is 0.615. The van der Waals surface area contributed by atoms with Crippen LogP contribution in [-0.4, -0.2) is 6.04 Å². The van der Waals surface area contributed by atoms with Gasteiger partial charge in [-0.15, -0.1) is 11.3 Å². The van der Waals surface area contributed by atoms with Crippen molar-refractivity contribution in [2.75, 3.05) is 4.90 Å². The minimum atomic E-state index is -0.303. The maximum Gasteiger partial charge on any atom is 0.147 e. The minimum absolute atomic E-state index is 0.303. The van der Waals surface area contributed by atoms with Gasteiger partial charge in [-0.1, -0.05) is 6.07 Å². The third-order valence-corrected chi connectivity index (χ3v) is 4.14. The molecule has 1 aromatic carbocycles. The number of hydrogen-bond donors (Lipinski definition) is 0. The summed E-state index contributed by atoms with van der Waals surface area (Å²) >= 11 is 1.69. The molecule has 2 aromatic rings. The molecular weight excluding hydrogens is 259 g/mol. The van der Waals surface area contributed by atoms with Gasteiger partial charge in [-0.3, -0.25) is 0 Å². The van der Waals surface area contributed by atoms with Crippen LogP contribution in [0.1, 0.15) is 23.3 Å². The highest BCUT2D eigenvalue weighted by molar-refractivity contribution is 7.09. The molecule has 0 bridgehead atoms. The lowest BCUT2D eigenvalue weighted by atomic mass is 10.2. The zero-order valence-electron chi connectivity index (χ0n) is 10.3. The van der Waals surface area contributed by atoms with Gasteiger partial charge in [0.25, 0.3) is 0 Å². The highest BCUT2D eigenvalue weighted by Crippen LogP contribution is 2.35. The second kappa shape index (κ2) is 5.02. The first-order valence-electron chi connectivity index (χ1n) is 6.26. The summed E-state index contributed by atoms with van der Waals surface area (Å²) in [6.07, 6.45) is 2.23. The van der Waals surface area contributed by atoms with Crippen LogP contribution in [0, 0.1) is 17.1 Å². The summed E-state index contributed by atoms with van der Waals surface area (Å²) in [5.41, 5.74) is 0.975. The van der Waals surface area contributed by atoms with Crippen molar-refractivity contribution in [2.45, 2.75) is 25.4 Å². The molecule has 0 aliphatic heterocycles. The smallest absolute Gasteiger partial charge is 0.147 e. The Kier molecular flexibility index (Phi) is 3.22. The molecule has 96 valence electrons. The minimum Gasteiger partial charge on any atom is -0.361 e. The predicted octanol–water partition coefficient (Wildman–Crippen LogP) is 3.93. The number of thiophene rings is 1. The Morgan fingerprint density at radius 3 is 2.79 bits per heavy atom. The lowest BCUT2D eigenvalue weighted by Gasteiger charge is -2.24. The van der Waals surface area contributed by atoms with Gasteiger partial charge in [-0.25, -0.2) is 4.39 Å². The van der Waals surface area contributed by atoms with Crippen molar-refractivity contribution in [1.82, 2.24) is 0 Å². The van der Waals surface area contributed by atoms with Gasteiger partial charge in [0.15, 0.2) is 0 Å². The van der Waals surface area contributed by atoms with Crippen LogP contribution in [0.2, 0.25) is 0 Å². The summed E-state index contributed by atoms with van der Waals surface area (Å²) in [5.74, 6) is -0.303. The molecule has 19 heavy (non-hydrogen) atoms. The van der Waals surface area contributed by atoms with Crippen LogP contribution >= 0.6 is 11.3 Å². The fraction of sp³-hybridized carbons (Fsp3) is 0.267. The molecular formula is C15H13FN2S. The summed E-state index contributed by atoms with van der Waals surface area (Å²) < 4.78 is 14.1. The Balaban J connectivity index is 1.90. The average molecular weight is 272 g/mol. The summed E-state index contributed by atoms with van der Waals surface area (Å²) in [5, 5.41) is 10.8. The topological polar surface area (TPSA) is 27.0 Å². The number of nitrogens with zero attached hydrogens (tertiary/aromatic N) is 2. The van der Waals surface area contributed by atoms with Crippen molar-refractivity contribution < 1.29 is 4.39 Å². The van der Waals surface area contributed by atoms with Crippen molar-refractivity contribution in [2.24, 2.45) is 0 Å². The lowest BCUT2D eigenvalue weighted by Crippen LogP contribution is -2.25. The van der Waals surface area contributed by atoms with Gasteiger partial charge in [0, 0.05) is 10.9 Å². The van der Waals surface area contributed by atoms with E-state index in [9.17, 15) is 4.39 Å². The normalized spacial score (nSPS) is 14.1. The summed E-state index contributed by atoms with van der Waals surface area (Å²) in [7, 11) is 0. The van der Waals surface area contributed by atoms with Crippen LogP contribution < -0.4 is 4.90 Å². The molecule has 1 saturated carbocycles. The zero-order valence-corrected chi connectivity index (χ0v) is 11.2. The van der Waals surface area contributed by atoms with E-state index in [0.717, 1.165) is 19.4 Å². The Labute approximate surface area is 115 Å². The Morgan fingerprint density at radius 2 is 2.21 bits per heavy atom. The van der Waals surface area contributed by atoms with E-state index in [2.05, 4.69) is 11.0 Å². The van der Waals surface area contributed by atoms with Gasteiger partial charge in [0.05, 0.1) is 23.9 Å². The van der Waals surface area contributed by atoms with Gasteiger partial charge in [0.1, 0.15) is 5.82 Å². The number of hydrogen-bond acceptors (Lipinski definition) is 3. The van der Waals surface area contributed by atoms with Crippen molar-refractivity contribution in [3.8, 4) is 6.07 Å².